The molecule has 1 amide bonds. The molecule has 126 valence electrons. The first-order valence-electron chi connectivity index (χ1n) is 7.58. The second-order valence-corrected chi connectivity index (χ2v) is 6.41. The van der Waals surface area contributed by atoms with Crippen molar-refractivity contribution in [3.63, 3.8) is 0 Å². The van der Waals surface area contributed by atoms with Gasteiger partial charge in [-0.3, -0.25) is 4.79 Å². The van der Waals surface area contributed by atoms with Crippen molar-refractivity contribution in [1.29, 1.82) is 0 Å². The lowest BCUT2D eigenvalue weighted by Gasteiger charge is -2.06. The van der Waals surface area contributed by atoms with Crippen LogP contribution in [0.25, 0.3) is 16.6 Å². The Morgan fingerprint density at radius 3 is 2.92 bits per heavy atom. The topological polar surface area (TPSA) is 98.2 Å². The number of hydrogen-bond acceptors (Lipinski definition) is 7. The molecule has 4 aromatic rings. The van der Waals surface area contributed by atoms with Crippen LogP contribution in [-0.2, 0) is 4.79 Å². The summed E-state index contributed by atoms with van der Waals surface area (Å²) >= 11 is 1.29. The summed E-state index contributed by atoms with van der Waals surface area (Å²) in [6.45, 7) is 3.59. The normalized spacial score (nSPS) is 11.3. The van der Waals surface area contributed by atoms with Gasteiger partial charge in [-0.25, -0.2) is 9.97 Å². The molecule has 0 saturated heterocycles. The van der Waals surface area contributed by atoms with Crippen molar-refractivity contribution in [3.05, 3.63) is 41.9 Å². The van der Waals surface area contributed by atoms with Gasteiger partial charge in [-0.2, -0.15) is 4.52 Å². The zero-order chi connectivity index (χ0) is 17.4. The minimum atomic E-state index is -0.196. The van der Waals surface area contributed by atoms with Crippen LogP contribution in [0.2, 0.25) is 0 Å². The highest BCUT2D eigenvalue weighted by atomic mass is 32.2. The maximum absolute atomic E-state index is 12.1. The van der Waals surface area contributed by atoms with Gasteiger partial charge in [0.2, 0.25) is 5.91 Å². The van der Waals surface area contributed by atoms with E-state index in [9.17, 15) is 4.79 Å². The number of amides is 1. The predicted molar refractivity (Wildman–Crippen MR) is 93.6 cm³/mol. The number of hydrogen-bond donors (Lipinski definition) is 1. The average molecular weight is 354 g/mol. The summed E-state index contributed by atoms with van der Waals surface area (Å²) in [6, 6.07) is 9.40. The highest BCUT2D eigenvalue weighted by Crippen LogP contribution is 2.23. The lowest BCUT2D eigenvalue weighted by molar-refractivity contribution is -0.113. The van der Waals surface area contributed by atoms with Gasteiger partial charge in [-0.1, -0.05) is 29.1 Å². The Morgan fingerprint density at radius 2 is 2.12 bits per heavy atom. The Labute approximate surface area is 146 Å². The molecule has 0 aliphatic rings. The highest BCUT2D eigenvalue weighted by Gasteiger charge is 2.14. The van der Waals surface area contributed by atoms with Crippen LogP contribution < -0.4 is 5.32 Å². The van der Waals surface area contributed by atoms with Crippen molar-refractivity contribution in [3.8, 4) is 0 Å². The molecule has 0 saturated carbocycles. The Kier molecular flexibility index (Phi) is 3.85. The van der Waals surface area contributed by atoms with Crippen LogP contribution in [0.4, 0.5) is 5.82 Å². The quantitative estimate of drug-likeness (QED) is 0.444. The first kappa shape index (κ1) is 15.6. The monoisotopic (exact) mass is 354 g/mol. The molecule has 3 aromatic heterocycles. The average Bonchev–Trinajstić information content (AvgIpc) is 3.18. The Morgan fingerprint density at radius 1 is 1.28 bits per heavy atom. The van der Waals surface area contributed by atoms with Gasteiger partial charge < -0.3 is 9.84 Å². The maximum atomic E-state index is 12.1. The molecule has 9 heteroatoms. The number of benzene rings is 1. The molecule has 8 nitrogen and oxygen atoms in total. The van der Waals surface area contributed by atoms with E-state index in [4.69, 9.17) is 4.52 Å². The first-order chi connectivity index (χ1) is 12.1. The number of aromatic nitrogens is 5. The summed E-state index contributed by atoms with van der Waals surface area (Å²) in [4.78, 5) is 21.2. The molecular formula is C16H14N6O2S. The Bertz CT molecular complexity index is 1090. The van der Waals surface area contributed by atoms with Crippen molar-refractivity contribution in [1.82, 2.24) is 24.7 Å². The zero-order valence-corrected chi connectivity index (χ0v) is 14.4. The summed E-state index contributed by atoms with van der Waals surface area (Å²) in [5.41, 5.74) is 1.55. The van der Waals surface area contributed by atoms with Crippen LogP contribution in [0.3, 0.4) is 0 Å². The summed E-state index contributed by atoms with van der Waals surface area (Å²) < 4.78 is 6.61. The summed E-state index contributed by atoms with van der Waals surface area (Å²) in [5, 5.41) is 12.4. The molecule has 0 atom stereocenters. The lowest BCUT2D eigenvalue weighted by atomic mass is 10.2. The van der Waals surface area contributed by atoms with E-state index in [1.807, 2.05) is 31.2 Å². The van der Waals surface area contributed by atoms with Crippen LogP contribution in [0, 0.1) is 13.8 Å². The fourth-order valence-electron chi connectivity index (χ4n) is 2.46. The van der Waals surface area contributed by atoms with E-state index in [0.29, 0.717) is 22.6 Å². The number of anilines is 1. The number of carbonyl (C=O) groups excluding carboxylic acids is 1. The van der Waals surface area contributed by atoms with Crippen LogP contribution in [0.1, 0.15) is 11.6 Å². The number of carbonyl (C=O) groups is 1. The van der Waals surface area contributed by atoms with E-state index in [-0.39, 0.29) is 11.7 Å². The van der Waals surface area contributed by atoms with Crippen molar-refractivity contribution in [2.75, 3.05) is 11.1 Å². The second kappa shape index (κ2) is 6.17. The predicted octanol–water partition coefficient (Wildman–Crippen LogP) is 2.61. The van der Waals surface area contributed by atoms with E-state index in [0.717, 1.165) is 16.6 Å². The van der Waals surface area contributed by atoms with Gasteiger partial charge in [-0.05, 0) is 26.0 Å². The third kappa shape index (κ3) is 3.05. The number of nitrogens with one attached hydrogen (secondary N) is 1. The number of nitrogens with zero attached hydrogens (tertiary/aromatic N) is 5. The zero-order valence-electron chi connectivity index (χ0n) is 13.6. The summed E-state index contributed by atoms with van der Waals surface area (Å²) in [6.07, 6.45) is 0. The molecular weight excluding hydrogens is 340 g/mol. The van der Waals surface area contributed by atoms with Crippen molar-refractivity contribution in [2.45, 2.75) is 19.0 Å². The molecule has 0 fully saturated rings. The van der Waals surface area contributed by atoms with E-state index >= 15 is 0 Å². The minimum absolute atomic E-state index is 0.172. The first-order valence-corrected chi connectivity index (χ1v) is 8.57. The molecule has 3 heterocycles. The van der Waals surface area contributed by atoms with E-state index in [1.165, 1.54) is 11.8 Å². The van der Waals surface area contributed by atoms with Crippen LogP contribution in [0.5, 0.6) is 0 Å². The molecule has 1 aromatic carbocycles. The number of rotatable bonds is 4. The number of para-hydroxylation sites is 1. The molecule has 0 aliphatic heterocycles. The summed E-state index contributed by atoms with van der Waals surface area (Å²) in [5.74, 6) is 1.67. The molecule has 0 unspecified atom stereocenters. The SMILES string of the molecule is Cc1nc2c3ccccc3nc(SCC(=O)Nc3cc(C)on3)n2n1. The summed E-state index contributed by atoms with van der Waals surface area (Å²) in [7, 11) is 0. The fraction of sp³-hybridized carbons (Fsp3) is 0.188. The van der Waals surface area contributed by atoms with E-state index in [2.05, 4.69) is 25.5 Å². The van der Waals surface area contributed by atoms with Crippen LogP contribution in [-0.4, -0.2) is 36.4 Å². The van der Waals surface area contributed by atoms with Gasteiger partial charge in [0.15, 0.2) is 16.6 Å². The molecule has 1 N–H and O–H groups in total. The van der Waals surface area contributed by atoms with Crippen LogP contribution in [0.15, 0.2) is 40.0 Å². The smallest absolute Gasteiger partial charge is 0.236 e. The molecule has 0 aliphatic carbocycles. The van der Waals surface area contributed by atoms with Crippen molar-refractivity contribution in [2.24, 2.45) is 0 Å². The number of fused-ring (bicyclic) bond motifs is 3. The van der Waals surface area contributed by atoms with Gasteiger partial charge in [0.25, 0.3) is 0 Å². The number of aryl methyl sites for hydroxylation is 2. The van der Waals surface area contributed by atoms with Crippen molar-refractivity contribution >= 4 is 40.0 Å². The van der Waals surface area contributed by atoms with E-state index < -0.39 is 0 Å². The van der Waals surface area contributed by atoms with Crippen molar-refractivity contribution < 1.29 is 9.32 Å². The fourth-order valence-corrected chi connectivity index (χ4v) is 3.21. The third-order valence-corrected chi connectivity index (χ3v) is 4.41. The Balaban J connectivity index is 1.60. The van der Waals surface area contributed by atoms with Gasteiger partial charge >= 0.3 is 0 Å². The third-order valence-electron chi connectivity index (χ3n) is 3.48. The number of thioether (sulfide) groups is 1. The Hall–Kier alpha value is -2.94. The standard InChI is InChI=1S/C16H14N6O2S/c1-9-7-13(21-24-9)19-14(23)8-25-16-18-12-6-4-3-5-11(12)15-17-10(2)20-22(15)16/h3-7H,8H2,1-2H3,(H,19,21,23). The molecule has 0 spiro atoms. The van der Waals surface area contributed by atoms with Gasteiger partial charge in [0, 0.05) is 11.5 Å². The van der Waals surface area contributed by atoms with Gasteiger partial charge in [-0.15, -0.1) is 5.10 Å². The minimum Gasteiger partial charge on any atom is -0.360 e. The molecule has 0 bridgehead atoms. The lowest BCUT2D eigenvalue weighted by Crippen LogP contribution is -2.15. The molecule has 25 heavy (non-hydrogen) atoms. The molecule has 4 rings (SSSR count). The van der Waals surface area contributed by atoms with E-state index in [1.54, 1.807) is 17.5 Å². The second-order valence-electron chi connectivity index (χ2n) is 5.47. The largest absolute Gasteiger partial charge is 0.360 e. The highest BCUT2D eigenvalue weighted by molar-refractivity contribution is 7.99. The maximum Gasteiger partial charge on any atom is 0.236 e. The van der Waals surface area contributed by atoms with Gasteiger partial charge in [0.05, 0.1) is 11.3 Å². The molecule has 0 radical (unpaired) electrons. The van der Waals surface area contributed by atoms with Gasteiger partial charge in [0.1, 0.15) is 11.6 Å². The van der Waals surface area contributed by atoms with Crippen LogP contribution >= 0.6 is 11.8 Å².